The molecule has 2 aromatic heterocycles. The molecule has 0 spiro atoms. The summed E-state index contributed by atoms with van der Waals surface area (Å²) >= 11 is 8.29. The van der Waals surface area contributed by atoms with Crippen LogP contribution in [0.1, 0.15) is 21.0 Å². The van der Waals surface area contributed by atoms with E-state index in [4.69, 9.17) is 9.25 Å². The highest BCUT2D eigenvalue weighted by Gasteiger charge is 2.17. The monoisotopic (exact) mass is 503 g/mol. The zero-order valence-corrected chi connectivity index (χ0v) is 17.7. The first-order chi connectivity index (χ1) is 13.1. The van der Waals surface area contributed by atoms with Gasteiger partial charge in [0.1, 0.15) is 10.5 Å². The molecule has 7 heteroatoms. The summed E-state index contributed by atoms with van der Waals surface area (Å²) in [5.41, 5.74) is 1.92. The average molecular weight is 505 g/mol. The largest absolute Gasteiger partial charge is 0.453 e. The lowest BCUT2D eigenvalue weighted by Crippen LogP contribution is -2.06. The van der Waals surface area contributed by atoms with E-state index in [2.05, 4.69) is 37.0 Å². The number of carbonyl (C=O) groups excluding carboxylic acids is 1. The SMILES string of the molecule is O=C(O/N=C(/c1ccccc1)c1cc2cc(Br)cc(Br)c2o1)c1cccs1. The summed E-state index contributed by atoms with van der Waals surface area (Å²) < 4.78 is 7.75. The van der Waals surface area contributed by atoms with Gasteiger partial charge < -0.3 is 9.25 Å². The Bertz CT molecular complexity index is 1130. The van der Waals surface area contributed by atoms with Gasteiger partial charge in [-0.3, -0.25) is 0 Å². The maximum absolute atomic E-state index is 12.2. The smallest absolute Gasteiger partial charge is 0.375 e. The molecule has 0 aliphatic carbocycles. The maximum Gasteiger partial charge on any atom is 0.375 e. The third-order valence-electron chi connectivity index (χ3n) is 3.76. The Labute approximate surface area is 175 Å². The molecule has 4 rings (SSSR count). The molecular formula is C20H11Br2NO3S. The van der Waals surface area contributed by atoms with Crippen LogP contribution in [-0.4, -0.2) is 11.7 Å². The third-order valence-corrected chi connectivity index (χ3v) is 5.66. The number of hydrogen-bond acceptors (Lipinski definition) is 5. The molecule has 0 fully saturated rings. The molecule has 0 radical (unpaired) electrons. The quantitative estimate of drug-likeness (QED) is 0.178. The van der Waals surface area contributed by atoms with Crippen LogP contribution in [0.25, 0.3) is 11.0 Å². The van der Waals surface area contributed by atoms with E-state index in [1.54, 1.807) is 12.1 Å². The second kappa shape index (κ2) is 7.80. The molecule has 0 aliphatic rings. The standard InChI is InChI=1S/C20H11Br2NO3S/c21-14-9-13-10-16(25-19(13)15(22)11-14)18(12-5-2-1-3-6-12)23-26-20(24)17-7-4-8-27-17/h1-11H/b23-18-. The van der Waals surface area contributed by atoms with E-state index in [1.165, 1.54) is 11.3 Å². The summed E-state index contributed by atoms with van der Waals surface area (Å²) in [5, 5.41) is 6.84. The first-order valence-electron chi connectivity index (χ1n) is 7.89. The number of thiophene rings is 1. The van der Waals surface area contributed by atoms with Crippen molar-refractivity contribution in [1.29, 1.82) is 0 Å². The Kier molecular flexibility index (Phi) is 5.24. The number of rotatable bonds is 4. The van der Waals surface area contributed by atoms with Crippen LogP contribution in [0.5, 0.6) is 0 Å². The van der Waals surface area contributed by atoms with Gasteiger partial charge in [0.2, 0.25) is 0 Å². The molecule has 0 saturated carbocycles. The van der Waals surface area contributed by atoms with Crippen LogP contribution in [0.4, 0.5) is 0 Å². The number of hydrogen-bond donors (Lipinski definition) is 0. The molecule has 0 bridgehead atoms. The topological polar surface area (TPSA) is 51.8 Å². The second-order valence-corrected chi connectivity index (χ2v) is 8.30. The molecule has 2 heterocycles. The zero-order chi connectivity index (χ0) is 18.8. The minimum atomic E-state index is -0.501. The number of nitrogens with zero attached hydrogens (tertiary/aromatic N) is 1. The summed E-state index contributed by atoms with van der Waals surface area (Å²) in [4.78, 5) is 17.9. The molecule has 0 N–H and O–H groups in total. The Morgan fingerprint density at radius 2 is 1.85 bits per heavy atom. The molecule has 0 atom stereocenters. The normalized spacial score (nSPS) is 11.7. The number of furan rings is 1. The highest BCUT2D eigenvalue weighted by Crippen LogP contribution is 2.32. The van der Waals surface area contributed by atoms with Gasteiger partial charge in [0.25, 0.3) is 0 Å². The lowest BCUT2D eigenvalue weighted by Gasteiger charge is -2.03. The Balaban J connectivity index is 1.78. The van der Waals surface area contributed by atoms with E-state index in [9.17, 15) is 4.79 Å². The first kappa shape index (κ1) is 18.2. The number of halogens is 2. The van der Waals surface area contributed by atoms with Crippen LogP contribution in [0.15, 0.2) is 84.6 Å². The number of fused-ring (bicyclic) bond motifs is 1. The van der Waals surface area contributed by atoms with E-state index < -0.39 is 5.97 Å². The van der Waals surface area contributed by atoms with Gasteiger partial charge in [0.15, 0.2) is 11.5 Å². The van der Waals surface area contributed by atoms with Gasteiger partial charge in [0, 0.05) is 15.4 Å². The van der Waals surface area contributed by atoms with Crippen LogP contribution in [-0.2, 0) is 4.84 Å². The van der Waals surface area contributed by atoms with Crippen molar-refractivity contribution in [3.63, 3.8) is 0 Å². The molecule has 27 heavy (non-hydrogen) atoms. The van der Waals surface area contributed by atoms with Gasteiger partial charge in [-0.1, -0.05) is 57.5 Å². The third kappa shape index (κ3) is 3.90. The van der Waals surface area contributed by atoms with E-state index in [0.717, 1.165) is 19.9 Å². The van der Waals surface area contributed by atoms with Crippen molar-refractivity contribution in [2.24, 2.45) is 5.16 Å². The molecule has 134 valence electrons. The average Bonchev–Trinajstić information content (AvgIpc) is 3.32. The summed E-state index contributed by atoms with van der Waals surface area (Å²) in [5.74, 6) is 0.00690. The lowest BCUT2D eigenvalue weighted by atomic mass is 10.1. The van der Waals surface area contributed by atoms with E-state index in [0.29, 0.717) is 21.9 Å². The van der Waals surface area contributed by atoms with Gasteiger partial charge in [0.05, 0.1) is 4.47 Å². The van der Waals surface area contributed by atoms with Gasteiger partial charge in [-0.15, -0.1) is 11.3 Å². The first-order valence-corrected chi connectivity index (χ1v) is 10.4. The van der Waals surface area contributed by atoms with Crippen molar-refractivity contribution in [2.45, 2.75) is 0 Å². The van der Waals surface area contributed by atoms with Crippen molar-refractivity contribution in [2.75, 3.05) is 0 Å². The molecule has 0 saturated heterocycles. The molecule has 0 amide bonds. The highest BCUT2D eigenvalue weighted by molar-refractivity contribution is 9.11. The predicted octanol–water partition coefficient (Wildman–Crippen LogP) is 6.63. The van der Waals surface area contributed by atoms with Crippen LogP contribution >= 0.6 is 43.2 Å². The summed E-state index contributed by atoms with van der Waals surface area (Å²) in [6.45, 7) is 0. The fourth-order valence-corrected chi connectivity index (χ4v) is 4.49. The molecule has 2 aromatic carbocycles. The van der Waals surface area contributed by atoms with Gasteiger partial charge in [-0.05, 0) is 45.6 Å². The molecule has 4 aromatic rings. The van der Waals surface area contributed by atoms with Crippen LogP contribution in [0.2, 0.25) is 0 Å². The van der Waals surface area contributed by atoms with Gasteiger partial charge in [-0.2, -0.15) is 0 Å². The van der Waals surface area contributed by atoms with Crippen molar-refractivity contribution in [3.05, 3.63) is 91.2 Å². The highest BCUT2D eigenvalue weighted by atomic mass is 79.9. The fraction of sp³-hybridized carbons (Fsp3) is 0. The fourth-order valence-electron chi connectivity index (χ4n) is 2.56. The maximum atomic E-state index is 12.2. The Hall–Kier alpha value is -2.22. The van der Waals surface area contributed by atoms with Crippen LogP contribution in [0.3, 0.4) is 0 Å². The summed E-state index contributed by atoms with van der Waals surface area (Å²) in [6.07, 6.45) is 0. The van der Waals surface area contributed by atoms with Gasteiger partial charge in [-0.25, -0.2) is 4.79 Å². The van der Waals surface area contributed by atoms with Gasteiger partial charge >= 0.3 is 5.97 Å². The van der Waals surface area contributed by atoms with Crippen molar-refractivity contribution >= 4 is 65.8 Å². The zero-order valence-electron chi connectivity index (χ0n) is 13.7. The second-order valence-electron chi connectivity index (χ2n) is 5.58. The Morgan fingerprint density at radius 3 is 2.59 bits per heavy atom. The lowest BCUT2D eigenvalue weighted by molar-refractivity contribution is 0.0522. The molecule has 4 nitrogen and oxygen atoms in total. The minimum Gasteiger partial charge on any atom is -0.453 e. The molecule has 0 unspecified atom stereocenters. The summed E-state index contributed by atoms with van der Waals surface area (Å²) in [7, 11) is 0. The number of benzene rings is 2. The molecule has 0 aliphatic heterocycles. The van der Waals surface area contributed by atoms with Crippen LogP contribution in [0, 0.1) is 0 Å². The van der Waals surface area contributed by atoms with Crippen molar-refractivity contribution in [3.8, 4) is 0 Å². The Morgan fingerprint density at radius 1 is 1.04 bits per heavy atom. The van der Waals surface area contributed by atoms with Crippen molar-refractivity contribution in [1.82, 2.24) is 0 Å². The van der Waals surface area contributed by atoms with Crippen molar-refractivity contribution < 1.29 is 14.0 Å². The predicted molar refractivity (Wildman–Crippen MR) is 113 cm³/mol. The number of oxime groups is 1. The minimum absolute atomic E-state index is 0.444. The van der Waals surface area contributed by atoms with Crippen LogP contribution < -0.4 is 0 Å². The van der Waals surface area contributed by atoms with E-state index in [1.807, 2.05) is 53.9 Å². The summed E-state index contributed by atoms with van der Waals surface area (Å²) in [6, 6.07) is 18.7. The van der Waals surface area contributed by atoms with E-state index in [-0.39, 0.29) is 0 Å². The number of carbonyl (C=O) groups is 1. The molecular weight excluding hydrogens is 494 g/mol. The van der Waals surface area contributed by atoms with E-state index >= 15 is 0 Å².